The number of phenolic OH excluding ortho intramolecular Hbond substituents is 1. The first-order valence-corrected chi connectivity index (χ1v) is 10.4. The standard InChI is InChI=1S/C23H20N2O4S/c1-3-29-22(28)19-14(2)24-23-25(20(19)15-9-5-4-6-10-15)21(27)18(30-23)13-16-11-7-8-12-17(16)26/h4-13,20,26H,3H2,1-2H3/b18-13+/t20-/m1/s1. The third kappa shape index (κ3) is 3.48. The predicted molar refractivity (Wildman–Crippen MR) is 115 cm³/mol. The molecule has 1 aromatic heterocycles. The number of aromatic nitrogens is 1. The molecule has 30 heavy (non-hydrogen) atoms. The number of esters is 1. The first kappa shape index (κ1) is 19.8. The summed E-state index contributed by atoms with van der Waals surface area (Å²) in [5.74, 6) is -0.395. The lowest BCUT2D eigenvalue weighted by atomic mass is 9.96. The molecule has 6 nitrogen and oxygen atoms in total. The lowest BCUT2D eigenvalue weighted by Crippen LogP contribution is -2.39. The second-order valence-electron chi connectivity index (χ2n) is 6.77. The number of phenols is 1. The molecular weight excluding hydrogens is 400 g/mol. The molecule has 1 N–H and O–H groups in total. The summed E-state index contributed by atoms with van der Waals surface area (Å²) in [5.41, 5.74) is 1.94. The van der Waals surface area contributed by atoms with Crippen LogP contribution < -0.4 is 14.9 Å². The summed E-state index contributed by atoms with van der Waals surface area (Å²) in [6.07, 6.45) is 1.64. The van der Waals surface area contributed by atoms with E-state index in [9.17, 15) is 14.7 Å². The van der Waals surface area contributed by atoms with Crippen molar-refractivity contribution < 1.29 is 14.6 Å². The number of rotatable bonds is 4. The fraction of sp³-hybridized carbons (Fsp3) is 0.174. The van der Waals surface area contributed by atoms with Crippen molar-refractivity contribution in [3.8, 4) is 5.75 Å². The van der Waals surface area contributed by atoms with E-state index in [1.807, 2.05) is 30.3 Å². The maximum absolute atomic E-state index is 13.4. The first-order valence-electron chi connectivity index (χ1n) is 9.54. The second kappa shape index (κ2) is 8.12. The van der Waals surface area contributed by atoms with Gasteiger partial charge >= 0.3 is 5.97 Å². The number of allylic oxidation sites excluding steroid dienone is 1. The van der Waals surface area contributed by atoms with Gasteiger partial charge in [-0.05, 0) is 31.6 Å². The molecule has 0 saturated carbocycles. The predicted octanol–water partition coefficient (Wildman–Crippen LogP) is 2.50. The van der Waals surface area contributed by atoms with E-state index >= 15 is 0 Å². The van der Waals surface area contributed by atoms with Gasteiger partial charge in [0.25, 0.3) is 5.56 Å². The number of fused-ring (bicyclic) bond motifs is 1. The Balaban J connectivity index is 1.97. The van der Waals surface area contributed by atoms with E-state index < -0.39 is 12.0 Å². The van der Waals surface area contributed by atoms with E-state index in [1.165, 1.54) is 15.9 Å². The van der Waals surface area contributed by atoms with Crippen molar-refractivity contribution in [1.82, 2.24) is 4.57 Å². The van der Waals surface area contributed by atoms with Gasteiger partial charge in [0.05, 0.1) is 28.5 Å². The van der Waals surface area contributed by atoms with E-state index in [2.05, 4.69) is 4.99 Å². The Kier molecular flexibility index (Phi) is 5.37. The van der Waals surface area contributed by atoms with Crippen LogP contribution in [0.1, 0.15) is 31.0 Å². The molecule has 0 spiro atoms. The molecule has 0 unspecified atom stereocenters. The van der Waals surface area contributed by atoms with Crippen molar-refractivity contribution in [3.63, 3.8) is 0 Å². The number of hydrogen-bond acceptors (Lipinski definition) is 6. The SMILES string of the molecule is CCOC(=O)C1=C(C)N=c2s/c(=C/c3ccccc3O)c(=O)n2[C@@H]1c1ccccc1. The minimum absolute atomic E-state index is 0.0892. The molecule has 2 heterocycles. The monoisotopic (exact) mass is 420 g/mol. The molecule has 4 rings (SSSR count). The normalized spacial score (nSPS) is 16.2. The van der Waals surface area contributed by atoms with Crippen molar-refractivity contribution >= 4 is 23.4 Å². The average Bonchev–Trinajstić information content (AvgIpc) is 3.04. The van der Waals surface area contributed by atoms with Gasteiger partial charge in [-0.1, -0.05) is 59.9 Å². The van der Waals surface area contributed by atoms with Crippen LogP contribution in [-0.2, 0) is 9.53 Å². The van der Waals surface area contributed by atoms with Gasteiger partial charge in [-0.25, -0.2) is 9.79 Å². The van der Waals surface area contributed by atoms with Gasteiger partial charge in [0.1, 0.15) is 5.75 Å². The molecule has 0 amide bonds. The zero-order chi connectivity index (χ0) is 21.3. The van der Waals surface area contributed by atoms with E-state index in [4.69, 9.17) is 4.74 Å². The summed E-state index contributed by atoms with van der Waals surface area (Å²) >= 11 is 1.23. The van der Waals surface area contributed by atoms with Crippen molar-refractivity contribution in [2.45, 2.75) is 19.9 Å². The van der Waals surface area contributed by atoms with Gasteiger partial charge in [-0.2, -0.15) is 0 Å². The quantitative estimate of drug-likeness (QED) is 0.658. The molecule has 0 aliphatic carbocycles. The van der Waals surface area contributed by atoms with E-state index in [0.29, 0.717) is 26.2 Å². The molecule has 1 aliphatic rings. The Morgan fingerprint density at radius 2 is 1.90 bits per heavy atom. The molecule has 2 aromatic carbocycles. The van der Waals surface area contributed by atoms with Crippen LogP contribution in [0.4, 0.5) is 0 Å². The van der Waals surface area contributed by atoms with Crippen molar-refractivity contribution in [2.24, 2.45) is 4.99 Å². The topological polar surface area (TPSA) is 80.9 Å². The first-order chi connectivity index (χ1) is 14.5. The fourth-order valence-corrected chi connectivity index (χ4v) is 4.53. The minimum atomic E-state index is -0.631. The summed E-state index contributed by atoms with van der Waals surface area (Å²) in [6, 6.07) is 15.6. The Hall–Kier alpha value is -3.45. The van der Waals surface area contributed by atoms with E-state index in [0.717, 1.165) is 5.56 Å². The molecule has 3 aromatic rings. The minimum Gasteiger partial charge on any atom is -0.507 e. The maximum atomic E-state index is 13.4. The summed E-state index contributed by atoms with van der Waals surface area (Å²) in [7, 11) is 0. The number of para-hydroxylation sites is 1. The highest BCUT2D eigenvalue weighted by Gasteiger charge is 2.33. The largest absolute Gasteiger partial charge is 0.507 e. The highest BCUT2D eigenvalue weighted by Crippen LogP contribution is 2.30. The Labute approximate surface area is 176 Å². The Morgan fingerprint density at radius 1 is 1.20 bits per heavy atom. The van der Waals surface area contributed by atoms with Crippen LogP contribution in [0.2, 0.25) is 0 Å². The number of thiazole rings is 1. The summed E-state index contributed by atoms with van der Waals surface area (Å²) in [6.45, 7) is 3.73. The third-order valence-corrected chi connectivity index (χ3v) is 5.84. The molecule has 0 saturated heterocycles. The molecule has 0 bridgehead atoms. The van der Waals surface area contributed by atoms with Crippen molar-refractivity contribution in [3.05, 3.63) is 96.7 Å². The number of carbonyl (C=O) groups excluding carboxylic acids is 1. The zero-order valence-corrected chi connectivity index (χ0v) is 17.3. The number of aromatic hydroxyl groups is 1. The van der Waals surface area contributed by atoms with Gasteiger partial charge in [0.2, 0.25) is 0 Å². The van der Waals surface area contributed by atoms with Crippen LogP contribution >= 0.6 is 11.3 Å². The van der Waals surface area contributed by atoms with Crippen LogP contribution in [0.15, 0.2) is 75.7 Å². The number of carbonyl (C=O) groups is 1. The highest BCUT2D eigenvalue weighted by atomic mass is 32.1. The zero-order valence-electron chi connectivity index (χ0n) is 16.5. The molecule has 0 radical (unpaired) electrons. The van der Waals surface area contributed by atoms with Gasteiger partial charge < -0.3 is 9.84 Å². The van der Waals surface area contributed by atoms with Gasteiger partial charge in [-0.3, -0.25) is 9.36 Å². The number of ether oxygens (including phenoxy) is 1. The van der Waals surface area contributed by atoms with E-state index in [-0.39, 0.29) is 17.9 Å². The van der Waals surface area contributed by atoms with Gasteiger partial charge in [0.15, 0.2) is 4.80 Å². The molecular formula is C23H20N2O4S. The van der Waals surface area contributed by atoms with Crippen LogP contribution in [-0.4, -0.2) is 22.2 Å². The number of nitrogens with zero attached hydrogens (tertiary/aromatic N) is 2. The van der Waals surface area contributed by atoms with Gasteiger partial charge in [0, 0.05) is 5.56 Å². The van der Waals surface area contributed by atoms with E-state index in [1.54, 1.807) is 44.2 Å². The summed E-state index contributed by atoms with van der Waals surface area (Å²) in [4.78, 5) is 31.2. The highest BCUT2D eigenvalue weighted by molar-refractivity contribution is 7.07. The molecule has 152 valence electrons. The molecule has 1 atom stereocenters. The van der Waals surface area contributed by atoms with Gasteiger partial charge in [-0.15, -0.1) is 0 Å². The molecule has 7 heteroatoms. The van der Waals surface area contributed by atoms with Crippen LogP contribution in [0.5, 0.6) is 5.75 Å². The Morgan fingerprint density at radius 3 is 2.60 bits per heavy atom. The van der Waals surface area contributed by atoms with Crippen molar-refractivity contribution in [1.29, 1.82) is 0 Å². The lowest BCUT2D eigenvalue weighted by molar-refractivity contribution is -0.139. The Bertz CT molecular complexity index is 1320. The van der Waals surface area contributed by atoms with Crippen LogP contribution in [0.25, 0.3) is 6.08 Å². The number of benzene rings is 2. The second-order valence-corrected chi connectivity index (χ2v) is 7.78. The summed E-state index contributed by atoms with van der Waals surface area (Å²) in [5, 5.41) is 10.1. The van der Waals surface area contributed by atoms with Crippen LogP contribution in [0.3, 0.4) is 0 Å². The fourth-order valence-electron chi connectivity index (χ4n) is 3.49. The molecule has 1 aliphatic heterocycles. The number of hydrogen-bond donors (Lipinski definition) is 1. The third-order valence-electron chi connectivity index (χ3n) is 4.86. The lowest BCUT2D eigenvalue weighted by Gasteiger charge is -2.24. The molecule has 0 fully saturated rings. The average molecular weight is 420 g/mol. The summed E-state index contributed by atoms with van der Waals surface area (Å²) < 4.78 is 7.22. The maximum Gasteiger partial charge on any atom is 0.338 e. The smallest absolute Gasteiger partial charge is 0.338 e. The van der Waals surface area contributed by atoms with Crippen molar-refractivity contribution in [2.75, 3.05) is 6.61 Å². The van der Waals surface area contributed by atoms with Crippen LogP contribution in [0, 0.1) is 0 Å².